The van der Waals surface area contributed by atoms with Gasteiger partial charge in [0.15, 0.2) is 0 Å². The zero-order valence-electron chi connectivity index (χ0n) is 14.2. The van der Waals surface area contributed by atoms with Crippen molar-refractivity contribution in [1.29, 1.82) is 0 Å². The van der Waals surface area contributed by atoms with Crippen LogP contribution in [0.15, 0.2) is 29.6 Å². The first-order chi connectivity index (χ1) is 11.5. The van der Waals surface area contributed by atoms with Crippen molar-refractivity contribution in [2.24, 2.45) is 0 Å². The average Bonchev–Trinajstić information content (AvgIpc) is 3.09. The molecule has 5 heteroatoms. The maximum absolute atomic E-state index is 10.5. The van der Waals surface area contributed by atoms with Gasteiger partial charge < -0.3 is 14.9 Å². The van der Waals surface area contributed by atoms with Crippen LogP contribution in [0.1, 0.15) is 34.1 Å². The number of aliphatic hydroxyl groups is 1. The highest BCUT2D eigenvalue weighted by Gasteiger charge is 2.27. The molecule has 0 saturated carbocycles. The van der Waals surface area contributed by atoms with Gasteiger partial charge in [0.05, 0.1) is 19.3 Å². The molecule has 2 atom stereocenters. The van der Waals surface area contributed by atoms with Gasteiger partial charge in [-0.3, -0.25) is 4.90 Å². The first kappa shape index (κ1) is 17.4. The summed E-state index contributed by atoms with van der Waals surface area (Å²) in [6, 6.07) is 7.98. The van der Waals surface area contributed by atoms with Crippen LogP contribution < -0.4 is 0 Å². The highest BCUT2D eigenvalue weighted by Crippen LogP contribution is 2.29. The minimum atomic E-state index is -0.465. The van der Waals surface area contributed by atoms with E-state index in [1.165, 1.54) is 5.56 Å². The summed E-state index contributed by atoms with van der Waals surface area (Å²) in [5.74, 6) is 0.349. The molecule has 0 aliphatic carbocycles. The Hall–Kier alpha value is -1.40. The van der Waals surface area contributed by atoms with E-state index in [4.69, 9.17) is 4.74 Å². The van der Waals surface area contributed by atoms with E-state index in [1.807, 2.05) is 30.5 Å². The lowest BCUT2D eigenvalue weighted by molar-refractivity contribution is -0.0298. The Morgan fingerprint density at radius 2 is 2.12 bits per heavy atom. The molecular formula is C19H25NO3S. The monoisotopic (exact) mass is 347 g/mol. The van der Waals surface area contributed by atoms with Gasteiger partial charge in [-0.1, -0.05) is 12.1 Å². The normalized spacial score (nSPS) is 20.2. The molecule has 0 spiro atoms. The molecule has 130 valence electrons. The number of phenolic OH excluding ortho intramolecular Hbond substituents is 1. The highest BCUT2D eigenvalue weighted by molar-refractivity contribution is 7.10. The van der Waals surface area contributed by atoms with Crippen molar-refractivity contribution in [3.63, 3.8) is 0 Å². The zero-order chi connectivity index (χ0) is 17.1. The van der Waals surface area contributed by atoms with Gasteiger partial charge in [0, 0.05) is 29.6 Å². The van der Waals surface area contributed by atoms with Gasteiger partial charge in [0.1, 0.15) is 5.75 Å². The highest BCUT2D eigenvalue weighted by atomic mass is 32.1. The van der Waals surface area contributed by atoms with E-state index < -0.39 is 6.10 Å². The van der Waals surface area contributed by atoms with E-state index in [2.05, 4.69) is 17.9 Å². The summed E-state index contributed by atoms with van der Waals surface area (Å²) in [6.45, 7) is 6.88. The molecule has 4 nitrogen and oxygen atoms in total. The van der Waals surface area contributed by atoms with Crippen LogP contribution in [-0.2, 0) is 11.3 Å². The van der Waals surface area contributed by atoms with E-state index in [0.717, 1.165) is 22.5 Å². The first-order valence-corrected chi connectivity index (χ1v) is 9.25. The smallest absolute Gasteiger partial charge is 0.120 e. The van der Waals surface area contributed by atoms with E-state index in [1.54, 1.807) is 11.3 Å². The molecule has 1 fully saturated rings. The maximum Gasteiger partial charge on any atom is 0.120 e. The number of aromatic hydroxyl groups is 1. The third-order valence-corrected chi connectivity index (χ3v) is 5.76. The van der Waals surface area contributed by atoms with Crippen LogP contribution in [0.5, 0.6) is 5.75 Å². The molecule has 2 heterocycles. The largest absolute Gasteiger partial charge is 0.508 e. The Kier molecular flexibility index (Phi) is 5.56. The van der Waals surface area contributed by atoms with Crippen LogP contribution in [0.25, 0.3) is 0 Å². The molecule has 1 saturated heterocycles. The summed E-state index contributed by atoms with van der Waals surface area (Å²) in [5, 5.41) is 22.7. The van der Waals surface area contributed by atoms with Crippen molar-refractivity contribution in [3.05, 3.63) is 51.2 Å². The standard InChI is InChI=1S/C19H25NO3S/c1-13-8-15(17(21)9-14(13)2)11-20-5-6-23-12-16(20)10-18(22)19-4-3-7-24-19/h3-4,7-9,16,18,21-22H,5-6,10-12H2,1-2H3. The van der Waals surface area contributed by atoms with E-state index in [0.29, 0.717) is 31.9 Å². The van der Waals surface area contributed by atoms with Crippen molar-refractivity contribution in [2.45, 2.75) is 39.0 Å². The molecule has 0 amide bonds. The number of rotatable bonds is 5. The maximum atomic E-state index is 10.5. The van der Waals surface area contributed by atoms with Crippen molar-refractivity contribution < 1.29 is 14.9 Å². The number of benzene rings is 1. The van der Waals surface area contributed by atoms with Gasteiger partial charge in [-0.05, 0) is 48.9 Å². The Morgan fingerprint density at radius 3 is 2.88 bits per heavy atom. The van der Waals surface area contributed by atoms with Crippen molar-refractivity contribution in [3.8, 4) is 5.75 Å². The van der Waals surface area contributed by atoms with E-state index >= 15 is 0 Å². The average molecular weight is 347 g/mol. The number of aliphatic hydroxyl groups excluding tert-OH is 1. The van der Waals surface area contributed by atoms with E-state index in [9.17, 15) is 10.2 Å². The van der Waals surface area contributed by atoms with E-state index in [-0.39, 0.29) is 6.04 Å². The van der Waals surface area contributed by atoms with Gasteiger partial charge in [-0.25, -0.2) is 0 Å². The summed E-state index contributed by atoms with van der Waals surface area (Å²) >= 11 is 1.58. The van der Waals surface area contributed by atoms with Gasteiger partial charge in [0.25, 0.3) is 0 Å². The Labute approximate surface area is 147 Å². The summed E-state index contributed by atoms with van der Waals surface area (Å²) in [4.78, 5) is 3.30. The lowest BCUT2D eigenvalue weighted by Gasteiger charge is -2.36. The fourth-order valence-electron chi connectivity index (χ4n) is 3.18. The number of nitrogens with zero attached hydrogens (tertiary/aromatic N) is 1. The SMILES string of the molecule is Cc1cc(O)c(CN2CCOCC2CC(O)c2cccs2)cc1C. The van der Waals surface area contributed by atoms with Crippen molar-refractivity contribution in [1.82, 2.24) is 4.90 Å². The summed E-state index contributed by atoms with van der Waals surface area (Å²) in [7, 11) is 0. The summed E-state index contributed by atoms with van der Waals surface area (Å²) in [6.07, 6.45) is 0.180. The zero-order valence-corrected chi connectivity index (χ0v) is 15.1. The van der Waals surface area contributed by atoms with Gasteiger partial charge >= 0.3 is 0 Å². The fraction of sp³-hybridized carbons (Fsp3) is 0.474. The number of morpholine rings is 1. The van der Waals surface area contributed by atoms with Gasteiger partial charge in [-0.15, -0.1) is 11.3 Å². The lowest BCUT2D eigenvalue weighted by Crippen LogP contribution is -2.45. The molecule has 2 aromatic rings. The third-order valence-electron chi connectivity index (χ3n) is 4.78. The molecule has 1 aromatic heterocycles. The molecule has 0 bridgehead atoms. The Balaban J connectivity index is 1.72. The molecular weight excluding hydrogens is 322 g/mol. The van der Waals surface area contributed by atoms with Gasteiger partial charge in [0.2, 0.25) is 0 Å². The number of hydrogen-bond acceptors (Lipinski definition) is 5. The minimum Gasteiger partial charge on any atom is -0.508 e. The first-order valence-electron chi connectivity index (χ1n) is 8.37. The quantitative estimate of drug-likeness (QED) is 0.870. The second kappa shape index (κ2) is 7.66. The minimum absolute atomic E-state index is 0.150. The van der Waals surface area contributed by atoms with Crippen LogP contribution in [0, 0.1) is 13.8 Å². The van der Waals surface area contributed by atoms with Gasteiger partial charge in [-0.2, -0.15) is 0 Å². The van der Waals surface area contributed by atoms with Crippen LogP contribution in [0.4, 0.5) is 0 Å². The van der Waals surface area contributed by atoms with Crippen molar-refractivity contribution >= 4 is 11.3 Å². The molecule has 0 radical (unpaired) electrons. The number of phenols is 1. The molecule has 2 N–H and O–H groups in total. The second-order valence-electron chi connectivity index (χ2n) is 6.53. The summed E-state index contributed by atoms with van der Waals surface area (Å²) in [5.41, 5.74) is 3.23. The lowest BCUT2D eigenvalue weighted by atomic mass is 10.0. The van der Waals surface area contributed by atoms with Crippen LogP contribution in [0.3, 0.4) is 0 Å². The van der Waals surface area contributed by atoms with Crippen LogP contribution in [0.2, 0.25) is 0 Å². The molecule has 24 heavy (non-hydrogen) atoms. The van der Waals surface area contributed by atoms with Crippen LogP contribution in [-0.4, -0.2) is 40.9 Å². The molecule has 1 aliphatic rings. The summed E-state index contributed by atoms with van der Waals surface area (Å²) < 4.78 is 5.63. The number of aryl methyl sites for hydroxylation is 2. The van der Waals surface area contributed by atoms with Crippen molar-refractivity contribution in [2.75, 3.05) is 19.8 Å². The Morgan fingerprint density at radius 1 is 1.33 bits per heavy atom. The predicted octanol–water partition coefficient (Wildman–Crippen LogP) is 3.40. The topological polar surface area (TPSA) is 52.9 Å². The Bertz CT molecular complexity index is 672. The fourth-order valence-corrected chi connectivity index (χ4v) is 3.90. The molecule has 2 unspecified atom stereocenters. The molecule has 1 aromatic carbocycles. The number of hydrogen-bond donors (Lipinski definition) is 2. The molecule has 1 aliphatic heterocycles. The number of ether oxygens (including phenoxy) is 1. The predicted molar refractivity (Wildman–Crippen MR) is 96.5 cm³/mol. The number of thiophene rings is 1. The van der Waals surface area contributed by atoms with Crippen LogP contribution >= 0.6 is 11.3 Å². The second-order valence-corrected chi connectivity index (χ2v) is 7.51. The third kappa shape index (κ3) is 3.98. The molecule has 3 rings (SSSR count).